The van der Waals surface area contributed by atoms with Crippen LogP contribution < -0.4 is 17.2 Å². The number of aliphatic imine (C=N–C) groups is 2. The third-order valence-electron chi connectivity index (χ3n) is 3.20. The van der Waals surface area contributed by atoms with E-state index in [9.17, 15) is 0 Å². The van der Waals surface area contributed by atoms with Gasteiger partial charge in [0.1, 0.15) is 0 Å². The van der Waals surface area contributed by atoms with Gasteiger partial charge < -0.3 is 21.7 Å². The molecule has 0 amide bonds. The van der Waals surface area contributed by atoms with Gasteiger partial charge in [0.25, 0.3) is 0 Å². The van der Waals surface area contributed by atoms with Crippen molar-refractivity contribution in [2.24, 2.45) is 27.2 Å². The van der Waals surface area contributed by atoms with Crippen LogP contribution in [0.2, 0.25) is 0 Å². The zero-order chi connectivity index (χ0) is 17.6. The highest BCUT2D eigenvalue weighted by molar-refractivity contribution is 5.93. The fraction of sp³-hybridized carbons (Fsp3) is 0.0625. The Morgan fingerprint density at radius 3 is 2.68 bits per heavy atom. The molecule has 0 aliphatic heterocycles. The van der Waals surface area contributed by atoms with Gasteiger partial charge in [-0.2, -0.15) is 9.98 Å². The Morgan fingerprint density at radius 1 is 1.08 bits per heavy atom. The number of rotatable bonds is 4. The van der Waals surface area contributed by atoms with Crippen LogP contribution in [0.15, 0.2) is 63.3 Å². The van der Waals surface area contributed by atoms with Crippen LogP contribution in [-0.2, 0) is 6.42 Å². The minimum Gasteiger partial charge on any atom is -0.370 e. The number of nitrogens with two attached hydrogens (primary N) is 3. The highest BCUT2D eigenvalue weighted by atomic mass is 16.5. The van der Waals surface area contributed by atoms with Crippen LogP contribution in [0, 0.1) is 0 Å². The first kappa shape index (κ1) is 16.1. The lowest BCUT2D eigenvalue weighted by atomic mass is 10.1. The van der Waals surface area contributed by atoms with Crippen LogP contribution in [0.4, 0.5) is 5.69 Å². The second-order valence-corrected chi connectivity index (χ2v) is 5.07. The van der Waals surface area contributed by atoms with Gasteiger partial charge in [0, 0.05) is 18.0 Å². The summed E-state index contributed by atoms with van der Waals surface area (Å²) in [7, 11) is 0. The van der Waals surface area contributed by atoms with Crippen molar-refractivity contribution in [1.82, 2.24) is 15.1 Å². The van der Waals surface area contributed by atoms with Gasteiger partial charge in [0.05, 0.1) is 12.1 Å². The van der Waals surface area contributed by atoms with E-state index in [4.69, 9.17) is 21.7 Å². The van der Waals surface area contributed by atoms with Gasteiger partial charge >= 0.3 is 0 Å². The van der Waals surface area contributed by atoms with E-state index >= 15 is 0 Å². The molecule has 9 nitrogen and oxygen atoms in total. The molecule has 0 saturated heterocycles. The van der Waals surface area contributed by atoms with Crippen LogP contribution in [0.25, 0.3) is 11.4 Å². The molecule has 0 saturated carbocycles. The quantitative estimate of drug-likeness (QED) is 0.473. The Morgan fingerprint density at radius 2 is 1.92 bits per heavy atom. The summed E-state index contributed by atoms with van der Waals surface area (Å²) < 4.78 is 5.31. The Bertz CT molecular complexity index is 913. The number of hydrogen-bond acceptors (Lipinski definition) is 5. The third kappa shape index (κ3) is 4.16. The molecule has 0 unspecified atom stereocenters. The van der Waals surface area contributed by atoms with E-state index in [1.54, 1.807) is 18.5 Å². The molecule has 0 fully saturated rings. The maximum absolute atomic E-state index is 5.69. The van der Waals surface area contributed by atoms with Crippen molar-refractivity contribution < 1.29 is 4.52 Å². The number of hydrogen-bond donors (Lipinski definition) is 3. The molecule has 3 aromatic rings. The lowest BCUT2D eigenvalue weighted by Gasteiger charge is -2.03. The Hall–Kier alpha value is -3.75. The van der Waals surface area contributed by atoms with E-state index in [0.29, 0.717) is 23.8 Å². The third-order valence-corrected chi connectivity index (χ3v) is 3.20. The molecule has 0 bridgehead atoms. The van der Waals surface area contributed by atoms with E-state index in [0.717, 1.165) is 11.1 Å². The van der Waals surface area contributed by atoms with Crippen molar-refractivity contribution in [2.45, 2.75) is 6.42 Å². The van der Waals surface area contributed by atoms with Crippen LogP contribution in [0.3, 0.4) is 0 Å². The largest absolute Gasteiger partial charge is 0.370 e. The lowest BCUT2D eigenvalue weighted by molar-refractivity contribution is 0.386. The number of pyridine rings is 1. The summed E-state index contributed by atoms with van der Waals surface area (Å²) in [6.45, 7) is 0. The first-order valence-corrected chi connectivity index (χ1v) is 7.36. The predicted octanol–water partition coefficient (Wildman–Crippen LogP) is 0.942. The predicted molar refractivity (Wildman–Crippen MR) is 93.9 cm³/mol. The average Bonchev–Trinajstić information content (AvgIpc) is 3.05. The molecule has 9 heteroatoms. The fourth-order valence-electron chi connectivity index (χ4n) is 2.15. The van der Waals surface area contributed by atoms with Crippen LogP contribution in [0.1, 0.15) is 11.5 Å². The molecule has 0 aliphatic rings. The van der Waals surface area contributed by atoms with Gasteiger partial charge in [-0.15, -0.1) is 0 Å². The SMILES string of the molecule is NC(N)=NC(N)=Nc1ccccc1Cc1nc(-c2cccnc2)no1. The van der Waals surface area contributed by atoms with Gasteiger partial charge in [-0.25, -0.2) is 4.99 Å². The summed E-state index contributed by atoms with van der Waals surface area (Å²) in [6.07, 6.45) is 3.74. The monoisotopic (exact) mass is 336 g/mol. The van der Waals surface area contributed by atoms with E-state index in [1.165, 1.54) is 0 Å². The number of aromatic nitrogens is 3. The zero-order valence-electron chi connectivity index (χ0n) is 13.2. The number of benzene rings is 1. The topological polar surface area (TPSA) is 155 Å². The van der Waals surface area contributed by atoms with Crippen LogP contribution in [-0.4, -0.2) is 27.0 Å². The molecular weight excluding hydrogens is 320 g/mol. The minimum absolute atomic E-state index is 0.0333. The molecule has 0 radical (unpaired) electrons. The van der Waals surface area contributed by atoms with Crippen molar-refractivity contribution in [2.75, 3.05) is 0 Å². The molecule has 0 atom stereocenters. The summed E-state index contributed by atoms with van der Waals surface area (Å²) in [5.41, 5.74) is 18.5. The van der Waals surface area contributed by atoms with E-state index in [2.05, 4.69) is 25.1 Å². The maximum atomic E-state index is 5.69. The van der Waals surface area contributed by atoms with Crippen molar-refractivity contribution in [3.63, 3.8) is 0 Å². The van der Waals surface area contributed by atoms with Gasteiger partial charge in [0.15, 0.2) is 5.96 Å². The molecule has 126 valence electrons. The summed E-state index contributed by atoms with van der Waals surface area (Å²) >= 11 is 0. The average molecular weight is 336 g/mol. The molecule has 25 heavy (non-hydrogen) atoms. The molecule has 6 N–H and O–H groups in total. The second-order valence-electron chi connectivity index (χ2n) is 5.07. The molecule has 2 aromatic heterocycles. The Balaban J connectivity index is 1.85. The molecule has 2 heterocycles. The zero-order valence-corrected chi connectivity index (χ0v) is 13.2. The summed E-state index contributed by atoms with van der Waals surface area (Å²) in [4.78, 5) is 16.3. The highest BCUT2D eigenvalue weighted by Crippen LogP contribution is 2.22. The normalized spacial score (nSPS) is 11.3. The number of nitrogens with zero attached hydrogens (tertiary/aromatic N) is 5. The first-order chi connectivity index (χ1) is 12.1. The van der Waals surface area contributed by atoms with Gasteiger partial charge in [-0.1, -0.05) is 23.4 Å². The Kier molecular flexibility index (Phi) is 4.65. The molecular formula is C16H16N8O. The lowest BCUT2D eigenvalue weighted by Crippen LogP contribution is -2.26. The van der Waals surface area contributed by atoms with Gasteiger partial charge in [-0.3, -0.25) is 4.98 Å². The second kappa shape index (κ2) is 7.21. The van der Waals surface area contributed by atoms with Crippen molar-refractivity contribution >= 4 is 17.6 Å². The van der Waals surface area contributed by atoms with Gasteiger partial charge in [0.2, 0.25) is 17.7 Å². The smallest absolute Gasteiger partial charge is 0.231 e. The van der Waals surface area contributed by atoms with Crippen molar-refractivity contribution in [1.29, 1.82) is 0 Å². The minimum atomic E-state index is -0.156. The molecule has 3 rings (SSSR count). The number of para-hydroxylation sites is 1. The summed E-state index contributed by atoms with van der Waals surface area (Å²) in [5, 5.41) is 3.97. The van der Waals surface area contributed by atoms with E-state index in [1.807, 2.05) is 30.3 Å². The summed E-state index contributed by atoms with van der Waals surface area (Å²) in [6, 6.07) is 11.1. The van der Waals surface area contributed by atoms with Crippen molar-refractivity contribution in [3.8, 4) is 11.4 Å². The van der Waals surface area contributed by atoms with E-state index < -0.39 is 0 Å². The fourth-order valence-corrected chi connectivity index (χ4v) is 2.15. The Labute approximate surface area is 143 Å². The first-order valence-electron chi connectivity index (χ1n) is 7.36. The summed E-state index contributed by atoms with van der Waals surface area (Å²) in [5.74, 6) is 0.733. The van der Waals surface area contributed by atoms with Gasteiger partial charge in [-0.05, 0) is 23.8 Å². The van der Waals surface area contributed by atoms with Crippen LogP contribution >= 0.6 is 0 Å². The molecule has 0 spiro atoms. The highest BCUT2D eigenvalue weighted by Gasteiger charge is 2.11. The van der Waals surface area contributed by atoms with E-state index in [-0.39, 0.29) is 11.9 Å². The van der Waals surface area contributed by atoms with Crippen LogP contribution in [0.5, 0.6) is 0 Å². The molecule has 1 aromatic carbocycles. The van der Waals surface area contributed by atoms with Crippen molar-refractivity contribution in [3.05, 3.63) is 60.2 Å². The molecule has 0 aliphatic carbocycles. The standard InChI is InChI=1S/C16H16N8O/c17-15(18)23-16(19)21-12-6-2-1-4-10(12)8-13-22-14(24-25-13)11-5-3-7-20-9-11/h1-7,9H,8H2,(H6,17,18,19,21,23). The number of guanidine groups is 2. The maximum Gasteiger partial charge on any atom is 0.231 e.